The van der Waals surface area contributed by atoms with Crippen LogP contribution in [0.5, 0.6) is 0 Å². The molecule has 0 bridgehead atoms. The van der Waals surface area contributed by atoms with Gasteiger partial charge in [0.1, 0.15) is 28.8 Å². The average Bonchev–Trinajstić information content (AvgIpc) is 3.21. The molecule has 2 atom stereocenters. The summed E-state index contributed by atoms with van der Waals surface area (Å²) in [5.41, 5.74) is 1.92. The predicted molar refractivity (Wildman–Crippen MR) is 125 cm³/mol. The zero-order chi connectivity index (χ0) is 23.5. The molecule has 3 heterocycles. The molecule has 33 heavy (non-hydrogen) atoms. The minimum absolute atomic E-state index is 0.0163. The van der Waals surface area contributed by atoms with Crippen molar-refractivity contribution in [3.63, 3.8) is 0 Å². The maximum atomic E-state index is 14.8. The van der Waals surface area contributed by atoms with Gasteiger partial charge in [-0.3, -0.25) is 9.29 Å². The third-order valence-electron chi connectivity index (χ3n) is 5.19. The summed E-state index contributed by atoms with van der Waals surface area (Å²) < 4.78 is 34.0. The number of anilines is 1. The number of pyridine rings is 1. The minimum Gasteiger partial charge on any atom is -0.298 e. The molecule has 4 aromatic rings. The summed E-state index contributed by atoms with van der Waals surface area (Å²) in [6, 6.07) is 9.07. The standard InChI is InChI=1S/C23H23F2N7S/c1-13-11-26-21(27-12-13)15(3)16(4)33-31-23-30-29-22(19-10-5-7-14(2)28-19)32(23)20-17(24)8-6-9-18(20)25/h5-12,15-16H,1-4H3,(H,30,31). The molecule has 10 heteroatoms. The van der Waals surface area contributed by atoms with Gasteiger partial charge in [-0.15, -0.1) is 10.2 Å². The lowest BCUT2D eigenvalue weighted by molar-refractivity contribution is 0.570. The van der Waals surface area contributed by atoms with Gasteiger partial charge in [0.05, 0.1) is 0 Å². The van der Waals surface area contributed by atoms with E-state index in [9.17, 15) is 8.78 Å². The van der Waals surface area contributed by atoms with Crippen molar-refractivity contribution in [3.8, 4) is 17.2 Å². The molecule has 0 aliphatic rings. The van der Waals surface area contributed by atoms with Gasteiger partial charge in [0.25, 0.3) is 0 Å². The molecule has 170 valence electrons. The van der Waals surface area contributed by atoms with E-state index in [1.807, 2.05) is 39.8 Å². The smallest absolute Gasteiger partial charge is 0.239 e. The lowest BCUT2D eigenvalue weighted by Crippen LogP contribution is -2.15. The Balaban J connectivity index is 1.68. The molecule has 0 fully saturated rings. The maximum Gasteiger partial charge on any atom is 0.239 e. The second-order valence-electron chi connectivity index (χ2n) is 7.75. The van der Waals surface area contributed by atoms with Crippen LogP contribution in [-0.4, -0.2) is 35.0 Å². The van der Waals surface area contributed by atoms with Crippen LogP contribution in [0.15, 0.2) is 48.8 Å². The van der Waals surface area contributed by atoms with E-state index in [2.05, 4.69) is 29.9 Å². The number of aromatic nitrogens is 6. The van der Waals surface area contributed by atoms with Crippen molar-refractivity contribution in [1.82, 2.24) is 29.7 Å². The SMILES string of the molecule is Cc1cnc(C(C)C(C)SNc2nnc(-c3cccc(C)n3)n2-c2c(F)cccc2F)nc1. The van der Waals surface area contributed by atoms with E-state index in [-0.39, 0.29) is 28.6 Å². The highest BCUT2D eigenvalue weighted by Crippen LogP contribution is 2.31. The van der Waals surface area contributed by atoms with Crippen LogP contribution in [-0.2, 0) is 0 Å². The van der Waals surface area contributed by atoms with Crippen LogP contribution < -0.4 is 4.72 Å². The predicted octanol–water partition coefficient (Wildman–Crippen LogP) is 5.27. The second kappa shape index (κ2) is 9.62. The number of hydrogen-bond donors (Lipinski definition) is 1. The Hall–Kier alpha value is -3.40. The summed E-state index contributed by atoms with van der Waals surface area (Å²) >= 11 is 1.35. The molecule has 0 spiro atoms. The van der Waals surface area contributed by atoms with Crippen molar-refractivity contribution in [3.05, 3.63) is 77.5 Å². The van der Waals surface area contributed by atoms with E-state index in [0.717, 1.165) is 11.3 Å². The largest absolute Gasteiger partial charge is 0.298 e. The maximum absolute atomic E-state index is 14.8. The number of hydrogen-bond acceptors (Lipinski definition) is 7. The van der Waals surface area contributed by atoms with Gasteiger partial charge >= 0.3 is 0 Å². The van der Waals surface area contributed by atoms with Crippen LogP contribution in [0.3, 0.4) is 0 Å². The van der Waals surface area contributed by atoms with Gasteiger partial charge in [-0.25, -0.2) is 23.7 Å². The van der Waals surface area contributed by atoms with Crippen LogP contribution in [0.1, 0.15) is 36.8 Å². The van der Waals surface area contributed by atoms with Gasteiger partial charge in [0, 0.05) is 29.3 Å². The molecule has 0 aliphatic carbocycles. The lowest BCUT2D eigenvalue weighted by Gasteiger charge is -2.19. The summed E-state index contributed by atoms with van der Waals surface area (Å²) in [4.78, 5) is 13.3. The van der Waals surface area contributed by atoms with E-state index in [1.54, 1.807) is 18.5 Å². The number of aryl methyl sites for hydroxylation is 2. The van der Waals surface area contributed by atoms with Gasteiger partial charge in [-0.1, -0.05) is 26.0 Å². The molecule has 7 nitrogen and oxygen atoms in total. The fourth-order valence-corrected chi connectivity index (χ4v) is 3.94. The van der Waals surface area contributed by atoms with Gasteiger partial charge in [0.15, 0.2) is 5.82 Å². The topological polar surface area (TPSA) is 81.4 Å². The van der Waals surface area contributed by atoms with Crippen molar-refractivity contribution < 1.29 is 8.78 Å². The number of para-hydroxylation sites is 1. The normalized spacial score (nSPS) is 13.0. The van der Waals surface area contributed by atoms with Gasteiger partial charge in [-0.2, -0.15) is 0 Å². The first-order valence-corrected chi connectivity index (χ1v) is 11.3. The molecule has 0 saturated carbocycles. The molecule has 2 unspecified atom stereocenters. The van der Waals surface area contributed by atoms with Crippen LogP contribution in [0.25, 0.3) is 17.2 Å². The highest BCUT2D eigenvalue weighted by molar-refractivity contribution is 8.01. The molecular formula is C23H23F2N7S. The van der Waals surface area contributed by atoms with Gasteiger partial charge in [0.2, 0.25) is 5.95 Å². The zero-order valence-electron chi connectivity index (χ0n) is 18.6. The molecular weight excluding hydrogens is 444 g/mol. The van der Waals surface area contributed by atoms with Crippen molar-refractivity contribution in [2.24, 2.45) is 0 Å². The van der Waals surface area contributed by atoms with E-state index in [4.69, 9.17) is 0 Å². The monoisotopic (exact) mass is 467 g/mol. The Morgan fingerprint density at radius 2 is 1.61 bits per heavy atom. The first-order valence-electron chi connectivity index (χ1n) is 10.4. The second-order valence-corrected chi connectivity index (χ2v) is 8.93. The first-order chi connectivity index (χ1) is 15.8. The molecule has 1 aromatic carbocycles. The Morgan fingerprint density at radius 1 is 0.939 bits per heavy atom. The van der Waals surface area contributed by atoms with E-state index < -0.39 is 11.6 Å². The molecule has 0 saturated heterocycles. The highest BCUT2D eigenvalue weighted by atomic mass is 32.2. The average molecular weight is 468 g/mol. The third kappa shape index (κ3) is 4.85. The molecule has 0 aliphatic heterocycles. The third-order valence-corrected chi connectivity index (χ3v) is 6.27. The molecule has 3 aromatic heterocycles. The van der Waals surface area contributed by atoms with Crippen LogP contribution in [0.2, 0.25) is 0 Å². The summed E-state index contributed by atoms with van der Waals surface area (Å²) in [6.07, 6.45) is 3.56. The summed E-state index contributed by atoms with van der Waals surface area (Å²) in [7, 11) is 0. The van der Waals surface area contributed by atoms with Crippen LogP contribution in [0.4, 0.5) is 14.7 Å². The molecule has 0 amide bonds. The number of rotatable bonds is 7. The van der Waals surface area contributed by atoms with Gasteiger partial charge < -0.3 is 0 Å². The van der Waals surface area contributed by atoms with Crippen LogP contribution in [0, 0.1) is 25.5 Å². The number of nitrogens with zero attached hydrogens (tertiary/aromatic N) is 6. The quantitative estimate of drug-likeness (QED) is 0.371. The van der Waals surface area contributed by atoms with E-state index in [0.29, 0.717) is 11.5 Å². The Kier molecular flexibility index (Phi) is 6.64. The Labute approximate surface area is 194 Å². The summed E-state index contributed by atoms with van der Waals surface area (Å²) in [6.45, 7) is 7.80. The van der Waals surface area contributed by atoms with E-state index in [1.165, 1.54) is 34.7 Å². The number of halogens is 2. The molecule has 4 rings (SSSR count). The molecule has 1 N–H and O–H groups in total. The van der Waals surface area contributed by atoms with Crippen molar-refractivity contribution in [2.75, 3.05) is 4.72 Å². The van der Waals surface area contributed by atoms with Crippen molar-refractivity contribution >= 4 is 17.9 Å². The fourth-order valence-electron chi connectivity index (χ4n) is 3.19. The van der Waals surface area contributed by atoms with Gasteiger partial charge in [-0.05, 0) is 55.6 Å². The fraction of sp³-hybridized carbons (Fsp3) is 0.261. The van der Waals surface area contributed by atoms with Crippen molar-refractivity contribution in [2.45, 2.75) is 38.9 Å². The Bertz CT molecular complexity index is 1240. The number of benzene rings is 1. The summed E-state index contributed by atoms with van der Waals surface area (Å²) in [5.74, 6) is -0.312. The molecule has 0 radical (unpaired) electrons. The van der Waals surface area contributed by atoms with Crippen LogP contribution >= 0.6 is 11.9 Å². The van der Waals surface area contributed by atoms with E-state index >= 15 is 0 Å². The Morgan fingerprint density at radius 3 is 2.27 bits per heavy atom. The first kappa shape index (κ1) is 22.8. The van der Waals surface area contributed by atoms with Crippen molar-refractivity contribution in [1.29, 1.82) is 0 Å². The highest BCUT2D eigenvalue weighted by Gasteiger charge is 2.24. The summed E-state index contributed by atoms with van der Waals surface area (Å²) in [5, 5.41) is 8.38. The lowest BCUT2D eigenvalue weighted by atomic mass is 10.1. The zero-order valence-corrected chi connectivity index (χ0v) is 19.4. The number of nitrogens with one attached hydrogen (secondary N) is 1. The minimum atomic E-state index is -0.730.